The number of aliphatic hydroxyl groups is 1. The van der Waals surface area contributed by atoms with Crippen molar-refractivity contribution in [3.8, 4) is 0 Å². The van der Waals surface area contributed by atoms with Crippen LogP contribution in [0.3, 0.4) is 0 Å². The van der Waals surface area contributed by atoms with Crippen LogP contribution in [-0.4, -0.2) is 31.3 Å². The zero-order valence-electron chi connectivity index (χ0n) is 13.1. The molecule has 5 heteroatoms. The molecule has 0 heterocycles. The van der Waals surface area contributed by atoms with Crippen molar-refractivity contribution in [1.29, 1.82) is 0 Å². The van der Waals surface area contributed by atoms with Crippen LogP contribution >= 0.6 is 0 Å². The average Bonchev–Trinajstić information content (AvgIpc) is 2.37. The number of ether oxygens (including phenoxy) is 1. The van der Waals surface area contributed by atoms with Crippen LogP contribution in [0.2, 0.25) is 0 Å². The van der Waals surface area contributed by atoms with Gasteiger partial charge in [0.2, 0.25) is 0 Å². The third-order valence-electron chi connectivity index (χ3n) is 1.87. The first-order valence-corrected chi connectivity index (χ1v) is 6.63. The molecular weight excluding hydrogens is 256 g/mol. The number of rotatable bonds is 4. The van der Waals surface area contributed by atoms with Gasteiger partial charge in [0.15, 0.2) is 0 Å². The molecule has 4 N–H and O–H groups in total. The van der Waals surface area contributed by atoms with Crippen molar-refractivity contribution in [2.45, 2.75) is 40.2 Å². The highest BCUT2D eigenvalue weighted by atomic mass is 16.5. The van der Waals surface area contributed by atoms with E-state index in [0.29, 0.717) is 6.47 Å². The maximum Gasteiger partial charge on any atom is 0.292 e. The number of aliphatic hydroxyl groups excluding tert-OH is 1. The van der Waals surface area contributed by atoms with Crippen molar-refractivity contribution >= 4 is 17.8 Å². The lowest BCUT2D eigenvalue weighted by molar-refractivity contribution is -0.126. The predicted octanol–water partition coefficient (Wildman–Crippen LogP) is 2.58. The minimum atomic E-state index is -0.167. The fraction of sp³-hybridized carbons (Fsp3) is 0.533. The van der Waals surface area contributed by atoms with Gasteiger partial charge in [-0.1, -0.05) is 13.0 Å². The summed E-state index contributed by atoms with van der Waals surface area (Å²) in [6, 6.07) is 6.08. The molecule has 0 atom stereocenters. The molecule has 0 radical (unpaired) electrons. The summed E-state index contributed by atoms with van der Waals surface area (Å²) < 4.78 is 3.86. The minimum absolute atomic E-state index is 0.167. The Morgan fingerprint density at radius 1 is 1.45 bits per heavy atom. The predicted molar refractivity (Wildman–Crippen MR) is 84.8 cm³/mol. The lowest BCUT2D eigenvalue weighted by Gasteiger charge is -2.08. The van der Waals surface area contributed by atoms with Gasteiger partial charge in [-0.25, -0.2) is 0 Å². The van der Waals surface area contributed by atoms with Crippen molar-refractivity contribution < 1.29 is 14.6 Å². The summed E-state index contributed by atoms with van der Waals surface area (Å²) in [6.45, 7) is 8.98. The zero-order chi connectivity index (χ0) is 16.0. The topological polar surface area (TPSA) is 84.6 Å². The number of benzene rings is 1. The number of anilines is 2. The number of aryl methyl sites for hydroxylation is 1. The van der Waals surface area contributed by atoms with Gasteiger partial charge < -0.3 is 20.9 Å². The number of nitrogens with one attached hydrogen (secondary N) is 1. The fourth-order valence-electron chi connectivity index (χ4n) is 1.10. The Morgan fingerprint density at radius 2 is 1.95 bits per heavy atom. The van der Waals surface area contributed by atoms with Gasteiger partial charge in [0, 0.05) is 12.6 Å². The van der Waals surface area contributed by atoms with Crippen LogP contribution in [0.25, 0.3) is 0 Å². The SMILES string of the molecule is CC(C)O.CCCNc1ccc(C)cc1N.COC=O. The quantitative estimate of drug-likeness (QED) is 0.584. The van der Waals surface area contributed by atoms with Crippen LogP contribution in [0.4, 0.5) is 11.4 Å². The first-order chi connectivity index (χ1) is 9.38. The average molecular weight is 284 g/mol. The second-order valence-corrected chi connectivity index (χ2v) is 4.44. The Balaban J connectivity index is 0. The van der Waals surface area contributed by atoms with E-state index in [1.165, 1.54) is 12.7 Å². The van der Waals surface area contributed by atoms with E-state index in [1.54, 1.807) is 13.8 Å². The first kappa shape index (κ1) is 20.6. The Morgan fingerprint density at radius 3 is 2.30 bits per heavy atom. The standard InChI is InChI=1S/C10H16N2.C3H8O.C2H4O2/c1-3-6-12-10-5-4-8(2)7-9(10)11;1-3(2)4;1-4-2-3/h4-5,7,12H,3,6,11H2,1-2H3;3-4H,1-2H3;2H,1H3. The van der Waals surface area contributed by atoms with Crippen molar-refractivity contribution in [2.24, 2.45) is 0 Å². The molecule has 0 fully saturated rings. The molecule has 116 valence electrons. The summed E-state index contributed by atoms with van der Waals surface area (Å²) in [5.74, 6) is 0. The van der Waals surface area contributed by atoms with Crippen LogP contribution < -0.4 is 11.1 Å². The Hall–Kier alpha value is -1.75. The van der Waals surface area contributed by atoms with Gasteiger partial charge >= 0.3 is 0 Å². The number of nitrogen functional groups attached to an aromatic ring is 1. The van der Waals surface area contributed by atoms with E-state index < -0.39 is 0 Å². The van der Waals surface area contributed by atoms with Crippen molar-refractivity contribution in [3.05, 3.63) is 23.8 Å². The number of hydrogen-bond acceptors (Lipinski definition) is 5. The van der Waals surface area contributed by atoms with Crippen molar-refractivity contribution in [2.75, 3.05) is 24.7 Å². The van der Waals surface area contributed by atoms with Crippen molar-refractivity contribution in [3.63, 3.8) is 0 Å². The third-order valence-corrected chi connectivity index (χ3v) is 1.87. The highest BCUT2D eigenvalue weighted by Crippen LogP contribution is 2.18. The third kappa shape index (κ3) is 14.3. The van der Waals surface area contributed by atoms with E-state index in [1.807, 2.05) is 19.1 Å². The number of methoxy groups -OCH3 is 1. The Kier molecular flexibility index (Phi) is 14.1. The summed E-state index contributed by atoms with van der Waals surface area (Å²) in [5, 5.41) is 11.3. The molecular formula is C15H28N2O3. The molecule has 0 bridgehead atoms. The maximum absolute atomic E-state index is 8.95. The molecule has 0 aromatic heterocycles. The summed E-state index contributed by atoms with van der Waals surface area (Å²) in [5.41, 5.74) is 8.88. The van der Waals surface area contributed by atoms with Gasteiger partial charge in [-0.3, -0.25) is 4.79 Å². The van der Waals surface area contributed by atoms with Gasteiger partial charge in [-0.15, -0.1) is 0 Å². The molecule has 0 saturated carbocycles. The van der Waals surface area contributed by atoms with Crippen LogP contribution in [-0.2, 0) is 9.53 Å². The molecule has 1 aromatic rings. The van der Waals surface area contributed by atoms with Crippen LogP contribution in [0.1, 0.15) is 32.8 Å². The van der Waals surface area contributed by atoms with Gasteiger partial charge in [0.05, 0.1) is 18.5 Å². The molecule has 0 aliphatic heterocycles. The lowest BCUT2D eigenvalue weighted by atomic mass is 10.2. The van der Waals surface area contributed by atoms with Crippen LogP contribution in [0.15, 0.2) is 18.2 Å². The largest absolute Gasteiger partial charge is 0.471 e. The second-order valence-electron chi connectivity index (χ2n) is 4.44. The monoisotopic (exact) mass is 284 g/mol. The normalized spacial score (nSPS) is 8.75. The number of hydrogen-bond donors (Lipinski definition) is 3. The minimum Gasteiger partial charge on any atom is -0.471 e. The molecule has 0 spiro atoms. The first-order valence-electron chi connectivity index (χ1n) is 6.63. The Labute approximate surface area is 122 Å². The van der Waals surface area contributed by atoms with Crippen molar-refractivity contribution in [1.82, 2.24) is 0 Å². The molecule has 0 aliphatic carbocycles. The number of nitrogens with two attached hydrogens (primary N) is 1. The molecule has 5 nitrogen and oxygen atoms in total. The molecule has 1 rings (SSSR count). The summed E-state index contributed by atoms with van der Waals surface area (Å²) in [6.07, 6.45) is 0.952. The fourth-order valence-corrected chi connectivity index (χ4v) is 1.10. The van der Waals surface area contributed by atoms with Crippen LogP contribution in [0, 0.1) is 6.92 Å². The lowest BCUT2D eigenvalue weighted by Crippen LogP contribution is -2.02. The molecule has 0 amide bonds. The number of carbonyl (C=O) groups excluding carboxylic acids is 1. The van der Waals surface area contributed by atoms with E-state index in [2.05, 4.69) is 23.0 Å². The smallest absolute Gasteiger partial charge is 0.292 e. The highest BCUT2D eigenvalue weighted by Gasteiger charge is 1.96. The molecule has 0 saturated heterocycles. The van der Waals surface area contributed by atoms with Gasteiger partial charge in [0.25, 0.3) is 6.47 Å². The highest BCUT2D eigenvalue weighted by molar-refractivity contribution is 5.66. The maximum atomic E-state index is 8.95. The summed E-state index contributed by atoms with van der Waals surface area (Å²) >= 11 is 0. The van der Waals surface area contributed by atoms with Gasteiger partial charge in [-0.05, 0) is 44.9 Å². The second kappa shape index (κ2) is 13.7. The summed E-state index contributed by atoms with van der Waals surface area (Å²) in [7, 11) is 1.31. The van der Waals surface area contributed by atoms with E-state index in [-0.39, 0.29) is 6.10 Å². The van der Waals surface area contributed by atoms with E-state index in [0.717, 1.165) is 24.3 Å². The molecule has 0 unspecified atom stereocenters. The van der Waals surface area contributed by atoms with E-state index >= 15 is 0 Å². The van der Waals surface area contributed by atoms with E-state index in [9.17, 15) is 0 Å². The molecule has 20 heavy (non-hydrogen) atoms. The molecule has 0 aliphatic rings. The number of carbonyl (C=O) groups is 1. The Bertz CT molecular complexity index is 352. The van der Waals surface area contributed by atoms with Gasteiger partial charge in [-0.2, -0.15) is 0 Å². The summed E-state index contributed by atoms with van der Waals surface area (Å²) in [4.78, 5) is 8.95. The zero-order valence-corrected chi connectivity index (χ0v) is 13.1. The molecule has 1 aromatic carbocycles. The van der Waals surface area contributed by atoms with E-state index in [4.69, 9.17) is 15.6 Å². The van der Waals surface area contributed by atoms with Crippen LogP contribution in [0.5, 0.6) is 0 Å². The van der Waals surface area contributed by atoms with Gasteiger partial charge in [0.1, 0.15) is 0 Å².